The highest BCUT2D eigenvalue weighted by Gasteiger charge is 2.67. The van der Waals surface area contributed by atoms with E-state index in [0.29, 0.717) is 32.5 Å². The van der Waals surface area contributed by atoms with Gasteiger partial charge in [-0.15, -0.1) is 23.2 Å². The number of Topliss-reactive ketones (excluding diaryl/α,β-unsaturated/α-hetero) is 1. The predicted octanol–water partition coefficient (Wildman–Crippen LogP) is 6.58. The summed E-state index contributed by atoms with van der Waals surface area (Å²) >= 11 is 31.2. The van der Waals surface area contributed by atoms with Gasteiger partial charge in [0.25, 0.3) is 0 Å². The van der Waals surface area contributed by atoms with Crippen molar-refractivity contribution in [1.82, 2.24) is 4.98 Å². The third kappa shape index (κ3) is 5.23. The second-order valence-corrected chi connectivity index (χ2v) is 10.5. The van der Waals surface area contributed by atoms with Crippen molar-refractivity contribution >= 4 is 81.1 Å². The molecule has 1 saturated carbocycles. The first kappa shape index (κ1) is 24.1. The molecule has 0 aliphatic heterocycles. The largest absolute Gasteiger partial charge is 0.397 e. The fourth-order valence-corrected chi connectivity index (χ4v) is 5.34. The number of hydrogen-bond donors (Lipinski definition) is 2. The molecule has 0 radical (unpaired) electrons. The van der Waals surface area contributed by atoms with Gasteiger partial charge in [-0.25, -0.2) is 0 Å². The number of aromatic nitrogens is 1. The summed E-state index contributed by atoms with van der Waals surface area (Å²) in [6, 6.07) is 11.2. The van der Waals surface area contributed by atoms with Gasteiger partial charge in [-0.2, -0.15) is 0 Å². The molecule has 0 unspecified atom stereocenters. The Kier molecular flexibility index (Phi) is 6.81. The third-order valence-electron chi connectivity index (χ3n) is 5.30. The van der Waals surface area contributed by atoms with Crippen molar-refractivity contribution in [3.05, 3.63) is 86.6 Å². The zero-order valence-electron chi connectivity index (χ0n) is 16.8. The Morgan fingerprint density at radius 1 is 1.00 bits per heavy atom. The van der Waals surface area contributed by atoms with E-state index in [9.17, 15) is 9.59 Å². The molecule has 1 aliphatic carbocycles. The number of alkyl halides is 2. The maximum atomic E-state index is 13.0. The van der Waals surface area contributed by atoms with Crippen LogP contribution in [0.15, 0.2) is 54.9 Å². The van der Waals surface area contributed by atoms with Gasteiger partial charge in [0.1, 0.15) is 4.33 Å². The summed E-state index contributed by atoms with van der Waals surface area (Å²) in [6.07, 6.45) is 3.11. The summed E-state index contributed by atoms with van der Waals surface area (Å²) < 4.78 is -1.32. The maximum Gasteiger partial charge on any atom is 0.231 e. The number of ketones is 1. The number of amides is 1. The van der Waals surface area contributed by atoms with Crippen LogP contribution in [0.2, 0.25) is 15.1 Å². The summed E-state index contributed by atoms with van der Waals surface area (Å²) in [6.45, 7) is 0. The smallest absolute Gasteiger partial charge is 0.231 e. The highest BCUT2D eigenvalue weighted by molar-refractivity contribution is 6.53. The van der Waals surface area contributed by atoms with Crippen LogP contribution in [0.5, 0.6) is 0 Å². The summed E-state index contributed by atoms with van der Waals surface area (Å²) in [7, 11) is 0. The van der Waals surface area contributed by atoms with Gasteiger partial charge in [-0.05, 0) is 53.6 Å². The fraction of sp³-hybridized carbons (Fsp3) is 0.174. The molecule has 170 valence electrons. The molecule has 1 fully saturated rings. The first-order chi connectivity index (χ1) is 15.6. The van der Waals surface area contributed by atoms with Gasteiger partial charge < -0.3 is 11.1 Å². The molecule has 1 amide bonds. The van der Waals surface area contributed by atoms with Gasteiger partial charge in [0.15, 0.2) is 5.78 Å². The van der Waals surface area contributed by atoms with Gasteiger partial charge >= 0.3 is 0 Å². The average Bonchev–Trinajstić information content (AvgIpc) is 3.31. The van der Waals surface area contributed by atoms with Crippen molar-refractivity contribution in [1.29, 1.82) is 0 Å². The molecule has 0 saturated heterocycles. The number of carbonyl (C=O) groups excluding carboxylic acids is 2. The number of hydrogen-bond acceptors (Lipinski definition) is 4. The van der Waals surface area contributed by atoms with E-state index in [1.165, 1.54) is 18.3 Å². The van der Waals surface area contributed by atoms with Crippen LogP contribution in [0.4, 0.5) is 11.4 Å². The van der Waals surface area contributed by atoms with E-state index in [4.69, 9.17) is 63.7 Å². The molecule has 1 heterocycles. The quantitative estimate of drug-likeness (QED) is 0.272. The van der Waals surface area contributed by atoms with Crippen molar-refractivity contribution in [3.8, 4) is 0 Å². The zero-order chi connectivity index (χ0) is 23.9. The monoisotopic (exact) mass is 541 g/mol. The van der Waals surface area contributed by atoms with Crippen molar-refractivity contribution in [2.24, 2.45) is 5.92 Å². The molecule has 4 rings (SSSR count). The number of halogens is 5. The minimum atomic E-state index is -1.32. The zero-order valence-corrected chi connectivity index (χ0v) is 20.6. The third-order valence-corrected chi connectivity index (χ3v) is 7.00. The molecule has 10 heteroatoms. The normalized spacial score (nSPS) is 18.6. The van der Waals surface area contributed by atoms with Crippen LogP contribution >= 0.6 is 58.0 Å². The molecular formula is C23H16Cl5N3O2. The number of rotatable bonds is 6. The summed E-state index contributed by atoms with van der Waals surface area (Å²) in [4.78, 5) is 29.7. The summed E-state index contributed by atoms with van der Waals surface area (Å²) in [5, 5.41) is 3.87. The second kappa shape index (κ2) is 9.32. The minimum Gasteiger partial charge on any atom is -0.397 e. The topological polar surface area (TPSA) is 85.1 Å². The Balaban J connectivity index is 1.51. The maximum absolute atomic E-state index is 13.0. The second-order valence-electron chi connectivity index (χ2n) is 7.74. The van der Waals surface area contributed by atoms with Crippen molar-refractivity contribution < 1.29 is 9.59 Å². The molecule has 2 atom stereocenters. The van der Waals surface area contributed by atoms with Gasteiger partial charge in [0.2, 0.25) is 5.91 Å². The SMILES string of the molecule is Nc1cncc(CC(=O)c2cc(NC(=O)[C@H]3[C@H](c4cc(Cl)cc(Cl)c4)C3(Cl)Cl)ccc2Cl)c1. The number of anilines is 2. The summed E-state index contributed by atoms with van der Waals surface area (Å²) in [5.41, 5.74) is 8.15. The first-order valence-corrected chi connectivity index (χ1v) is 11.6. The van der Waals surface area contributed by atoms with E-state index in [2.05, 4.69) is 10.3 Å². The lowest BCUT2D eigenvalue weighted by Crippen LogP contribution is -2.17. The first-order valence-electron chi connectivity index (χ1n) is 9.73. The van der Waals surface area contributed by atoms with E-state index in [1.54, 1.807) is 36.5 Å². The lowest BCUT2D eigenvalue weighted by molar-refractivity contribution is -0.117. The van der Waals surface area contributed by atoms with Crippen molar-refractivity contribution in [2.75, 3.05) is 11.1 Å². The molecule has 33 heavy (non-hydrogen) atoms. The number of nitrogens with zero attached hydrogens (tertiary/aromatic N) is 1. The van der Waals surface area contributed by atoms with Crippen molar-refractivity contribution in [2.45, 2.75) is 16.7 Å². The molecule has 5 nitrogen and oxygen atoms in total. The standard InChI is InChI=1S/C23H16Cl5N3O2/c24-13-5-12(6-14(25)7-13)20-21(23(20,27)28)22(33)31-16-1-2-18(26)17(8-16)19(32)4-11-3-15(29)10-30-9-11/h1-3,5-10,20-21H,4,29H2,(H,31,33)/t20-,21+/m0/s1. The number of nitrogens with two attached hydrogens (primary N) is 1. The molecule has 1 aromatic heterocycles. The average molecular weight is 544 g/mol. The molecule has 1 aliphatic rings. The fourth-order valence-electron chi connectivity index (χ4n) is 3.74. The number of pyridine rings is 1. The highest BCUT2D eigenvalue weighted by Crippen LogP contribution is 2.65. The van der Waals surface area contributed by atoms with Crippen LogP contribution in [0.25, 0.3) is 0 Å². The van der Waals surface area contributed by atoms with E-state index in [0.717, 1.165) is 0 Å². The van der Waals surface area contributed by atoms with Crippen molar-refractivity contribution in [3.63, 3.8) is 0 Å². The Morgan fingerprint density at radius 2 is 1.70 bits per heavy atom. The van der Waals surface area contributed by atoms with Crippen LogP contribution in [-0.2, 0) is 11.2 Å². The molecule has 0 bridgehead atoms. The number of benzene rings is 2. The van der Waals surface area contributed by atoms with Gasteiger partial charge in [-0.1, -0.05) is 34.8 Å². The van der Waals surface area contributed by atoms with E-state index >= 15 is 0 Å². The minimum absolute atomic E-state index is 0.0574. The van der Waals surface area contributed by atoms with Gasteiger partial charge in [0.05, 0.1) is 16.6 Å². The van der Waals surface area contributed by atoms with Gasteiger partial charge in [0, 0.05) is 46.0 Å². The Labute approximate surface area is 215 Å². The van der Waals surface area contributed by atoms with E-state index in [1.807, 2.05) is 0 Å². The Hall–Kier alpha value is -2.02. The molecule has 3 aromatic rings. The lowest BCUT2D eigenvalue weighted by Gasteiger charge is -2.09. The molecule has 2 aromatic carbocycles. The number of nitrogens with one attached hydrogen (secondary N) is 1. The summed E-state index contributed by atoms with van der Waals surface area (Å²) in [5.74, 6) is -1.86. The molecular weight excluding hydrogens is 528 g/mol. The van der Waals surface area contributed by atoms with Crippen LogP contribution in [0, 0.1) is 5.92 Å². The Morgan fingerprint density at radius 3 is 2.36 bits per heavy atom. The van der Waals surface area contributed by atoms with Gasteiger partial charge in [-0.3, -0.25) is 14.6 Å². The van der Waals surface area contributed by atoms with E-state index in [-0.39, 0.29) is 22.8 Å². The molecule has 3 N–H and O–H groups in total. The lowest BCUT2D eigenvalue weighted by atomic mass is 10.0. The number of carbonyl (C=O) groups is 2. The Bertz CT molecular complexity index is 1240. The van der Waals surface area contributed by atoms with Crippen LogP contribution in [0.3, 0.4) is 0 Å². The van der Waals surface area contributed by atoms with Crippen LogP contribution in [-0.4, -0.2) is 21.0 Å². The van der Waals surface area contributed by atoms with E-state index < -0.39 is 22.1 Å². The predicted molar refractivity (Wildman–Crippen MR) is 134 cm³/mol. The number of nitrogen functional groups attached to an aromatic ring is 1. The molecule has 0 spiro atoms. The van der Waals surface area contributed by atoms with Crippen LogP contribution in [0.1, 0.15) is 27.4 Å². The van der Waals surface area contributed by atoms with Crippen LogP contribution < -0.4 is 11.1 Å². The highest BCUT2D eigenvalue weighted by atomic mass is 35.5.